The van der Waals surface area contributed by atoms with Crippen molar-refractivity contribution in [3.05, 3.63) is 12.2 Å². The number of aromatic nitrogens is 3. The Labute approximate surface area is 116 Å². The summed E-state index contributed by atoms with van der Waals surface area (Å²) in [5.41, 5.74) is 5.93. The molecule has 0 bridgehead atoms. The molecular weight excluding hydrogens is 238 g/mol. The normalized spacial score (nSPS) is 21.8. The van der Waals surface area contributed by atoms with E-state index in [0.29, 0.717) is 12.0 Å². The maximum Gasteiger partial charge on any atom is 0.141 e. The van der Waals surface area contributed by atoms with Crippen LogP contribution in [0, 0.1) is 5.92 Å². The molecule has 0 saturated carbocycles. The van der Waals surface area contributed by atoms with Crippen molar-refractivity contribution in [1.29, 1.82) is 0 Å². The van der Waals surface area contributed by atoms with Crippen LogP contribution in [0.1, 0.15) is 45.4 Å². The van der Waals surface area contributed by atoms with Gasteiger partial charge in [0.1, 0.15) is 12.2 Å². The molecule has 1 aromatic rings. The summed E-state index contributed by atoms with van der Waals surface area (Å²) in [4.78, 5) is 6.93. The van der Waals surface area contributed by atoms with E-state index in [1.54, 1.807) is 6.33 Å². The lowest BCUT2D eigenvalue weighted by atomic mass is 10.1. The molecule has 1 aromatic heterocycles. The van der Waals surface area contributed by atoms with E-state index in [1.165, 1.54) is 25.7 Å². The quantitative estimate of drug-likeness (QED) is 0.879. The topological polar surface area (TPSA) is 60.0 Å². The highest BCUT2D eigenvalue weighted by Crippen LogP contribution is 2.18. The molecule has 0 spiro atoms. The molecule has 2 rings (SSSR count). The lowest BCUT2D eigenvalue weighted by Crippen LogP contribution is -2.40. The lowest BCUT2D eigenvalue weighted by Gasteiger charge is -2.28. The fourth-order valence-electron chi connectivity index (χ4n) is 2.80. The van der Waals surface area contributed by atoms with Gasteiger partial charge in [0.2, 0.25) is 0 Å². The van der Waals surface area contributed by atoms with E-state index < -0.39 is 0 Å². The molecule has 1 fully saturated rings. The minimum absolute atomic E-state index is 0.506. The Balaban J connectivity index is 2.03. The maximum atomic E-state index is 5.93. The average Bonchev–Trinajstić information content (AvgIpc) is 2.67. The van der Waals surface area contributed by atoms with Crippen LogP contribution in [0.4, 0.5) is 0 Å². The van der Waals surface area contributed by atoms with E-state index in [2.05, 4.69) is 28.8 Å². The molecule has 108 valence electrons. The molecule has 2 heterocycles. The number of hydrogen-bond donors (Lipinski definition) is 1. The Morgan fingerprint density at radius 2 is 2.21 bits per heavy atom. The molecule has 1 unspecified atom stereocenters. The second-order valence-corrected chi connectivity index (χ2v) is 5.96. The van der Waals surface area contributed by atoms with Crippen LogP contribution in [0.15, 0.2) is 6.33 Å². The van der Waals surface area contributed by atoms with E-state index in [9.17, 15) is 0 Å². The van der Waals surface area contributed by atoms with Gasteiger partial charge in [-0.15, -0.1) is 0 Å². The highest BCUT2D eigenvalue weighted by Gasteiger charge is 2.21. The van der Waals surface area contributed by atoms with Crippen molar-refractivity contribution >= 4 is 0 Å². The average molecular weight is 265 g/mol. The highest BCUT2D eigenvalue weighted by molar-refractivity contribution is 4.88. The smallest absolute Gasteiger partial charge is 0.141 e. The minimum Gasteiger partial charge on any atom is -0.329 e. The molecule has 1 saturated heterocycles. The zero-order valence-corrected chi connectivity index (χ0v) is 12.3. The van der Waals surface area contributed by atoms with Gasteiger partial charge >= 0.3 is 0 Å². The van der Waals surface area contributed by atoms with Gasteiger partial charge in [-0.25, -0.2) is 9.67 Å². The lowest BCUT2D eigenvalue weighted by molar-refractivity contribution is 0.186. The molecule has 1 aliphatic heterocycles. The van der Waals surface area contributed by atoms with Crippen LogP contribution >= 0.6 is 0 Å². The summed E-state index contributed by atoms with van der Waals surface area (Å²) < 4.78 is 2.04. The standard InChI is InChI=1S/C14H27N5/c1-12(2)9-19-14(16-11-17-19)10-18-7-5-3-4-6-13(18)8-15/h11-13H,3-10,15H2,1-2H3. The molecule has 19 heavy (non-hydrogen) atoms. The van der Waals surface area contributed by atoms with Crippen molar-refractivity contribution in [3.8, 4) is 0 Å². The second kappa shape index (κ2) is 7.01. The zero-order chi connectivity index (χ0) is 13.7. The summed E-state index contributed by atoms with van der Waals surface area (Å²) in [6.45, 7) is 8.12. The highest BCUT2D eigenvalue weighted by atomic mass is 15.4. The minimum atomic E-state index is 0.506. The first-order chi connectivity index (χ1) is 9.20. The first-order valence-corrected chi connectivity index (χ1v) is 7.51. The van der Waals surface area contributed by atoms with Crippen LogP contribution in [0.3, 0.4) is 0 Å². The van der Waals surface area contributed by atoms with Gasteiger partial charge in [0.05, 0.1) is 6.54 Å². The molecule has 1 atom stereocenters. The van der Waals surface area contributed by atoms with Crippen LogP contribution in [-0.4, -0.2) is 38.8 Å². The van der Waals surface area contributed by atoms with Crippen molar-refractivity contribution in [1.82, 2.24) is 19.7 Å². The van der Waals surface area contributed by atoms with Gasteiger partial charge in [-0.05, 0) is 25.3 Å². The van der Waals surface area contributed by atoms with E-state index in [4.69, 9.17) is 5.73 Å². The van der Waals surface area contributed by atoms with Crippen molar-refractivity contribution in [3.63, 3.8) is 0 Å². The summed E-state index contributed by atoms with van der Waals surface area (Å²) in [6.07, 6.45) is 6.79. The van der Waals surface area contributed by atoms with Crippen molar-refractivity contribution in [2.75, 3.05) is 13.1 Å². The Bertz CT molecular complexity index is 374. The predicted molar refractivity (Wildman–Crippen MR) is 76.6 cm³/mol. The fraction of sp³-hybridized carbons (Fsp3) is 0.857. The van der Waals surface area contributed by atoms with Crippen LogP contribution < -0.4 is 5.73 Å². The number of nitrogens with two attached hydrogens (primary N) is 1. The third kappa shape index (κ3) is 4.01. The van der Waals surface area contributed by atoms with E-state index in [0.717, 1.165) is 32.0 Å². The molecule has 5 heteroatoms. The Morgan fingerprint density at radius 1 is 1.37 bits per heavy atom. The SMILES string of the molecule is CC(C)Cn1ncnc1CN1CCCCCC1CN. The van der Waals surface area contributed by atoms with E-state index in [1.807, 2.05) is 4.68 Å². The summed E-state index contributed by atoms with van der Waals surface area (Å²) in [5, 5.41) is 4.34. The molecule has 0 radical (unpaired) electrons. The summed E-state index contributed by atoms with van der Waals surface area (Å²) in [6, 6.07) is 0.506. The van der Waals surface area contributed by atoms with Gasteiger partial charge in [-0.1, -0.05) is 26.7 Å². The van der Waals surface area contributed by atoms with Crippen molar-refractivity contribution in [2.24, 2.45) is 11.7 Å². The van der Waals surface area contributed by atoms with Gasteiger partial charge in [0.25, 0.3) is 0 Å². The Kier molecular flexibility index (Phi) is 5.34. The summed E-state index contributed by atoms with van der Waals surface area (Å²) in [7, 11) is 0. The molecule has 0 amide bonds. The zero-order valence-electron chi connectivity index (χ0n) is 12.3. The Morgan fingerprint density at radius 3 is 2.95 bits per heavy atom. The van der Waals surface area contributed by atoms with Crippen molar-refractivity contribution < 1.29 is 0 Å². The first-order valence-electron chi connectivity index (χ1n) is 7.51. The van der Waals surface area contributed by atoms with Crippen LogP contribution in [-0.2, 0) is 13.1 Å². The molecule has 2 N–H and O–H groups in total. The monoisotopic (exact) mass is 265 g/mol. The van der Waals surface area contributed by atoms with E-state index in [-0.39, 0.29) is 0 Å². The van der Waals surface area contributed by atoms with E-state index >= 15 is 0 Å². The largest absolute Gasteiger partial charge is 0.329 e. The third-order valence-corrected chi connectivity index (χ3v) is 3.85. The van der Waals surface area contributed by atoms with Gasteiger partial charge in [-0.2, -0.15) is 5.10 Å². The predicted octanol–water partition coefficient (Wildman–Crippen LogP) is 1.64. The first kappa shape index (κ1) is 14.5. The van der Waals surface area contributed by atoms with Gasteiger partial charge < -0.3 is 5.73 Å². The van der Waals surface area contributed by atoms with Crippen LogP contribution in [0.5, 0.6) is 0 Å². The van der Waals surface area contributed by atoms with Gasteiger partial charge in [0, 0.05) is 19.1 Å². The third-order valence-electron chi connectivity index (χ3n) is 3.85. The summed E-state index contributed by atoms with van der Waals surface area (Å²) in [5.74, 6) is 1.67. The molecule has 1 aliphatic rings. The van der Waals surface area contributed by atoms with Crippen molar-refractivity contribution in [2.45, 2.75) is 58.7 Å². The number of rotatable bonds is 5. The van der Waals surface area contributed by atoms with Crippen LogP contribution in [0.25, 0.3) is 0 Å². The molecular formula is C14H27N5. The number of nitrogens with zero attached hydrogens (tertiary/aromatic N) is 4. The Hall–Kier alpha value is -0.940. The maximum absolute atomic E-state index is 5.93. The molecule has 5 nitrogen and oxygen atoms in total. The fourth-order valence-corrected chi connectivity index (χ4v) is 2.80. The number of likely N-dealkylation sites (tertiary alicyclic amines) is 1. The molecule has 0 aromatic carbocycles. The van der Waals surface area contributed by atoms with Crippen LogP contribution in [0.2, 0.25) is 0 Å². The second-order valence-electron chi connectivity index (χ2n) is 5.96. The summed E-state index contributed by atoms with van der Waals surface area (Å²) >= 11 is 0. The van der Waals surface area contributed by atoms with Gasteiger partial charge in [-0.3, -0.25) is 4.90 Å². The number of hydrogen-bond acceptors (Lipinski definition) is 4. The molecule has 0 aliphatic carbocycles. The van der Waals surface area contributed by atoms with Gasteiger partial charge in [0.15, 0.2) is 0 Å².